The number of aliphatic imine (C=N–C) groups is 1. The van der Waals surface area contributed by atoms with E-state index in [0.29, 0.717) is 18.5 Å². The number of halogens is 1. The van der Waals surface area contributed by atoms with Crippen molar-refractivity contribution in [2.24, 2.45) is 10.7 Å². The van der Waals surface area contributed by atoms with Crippen LogP contribution in [0.15, 0.2) is 59.6 Å². The zero-order valence-electron chi connectivity index (χ0n) is 15.7. The van der Waals surface area contributed by atoms with Gasteiger partial charge in [-0.15, -0.1) is 24.0 Å². The Kier molecular flexibility index (Phi) is 10.0. The molecule has 142 valence electrons. The lowest BCUT2D eigenvalue weighted by Crippen LogP contribution is -2.30. The van der Waals surface area contributed by atoms with E-state index in [-0.39, 0.29) is 24.0 Å². The molecule has 0 saturated heterocycles. The summed E-state index contributed by atoms with van der Waals surface area (Å²) in [4.78, 5) is 6.75. The number of hydrogen-bond acceptors (Lipinski definition) is 3. The van der Waals surface area contributed by atoms with Gasteiger partial charge in [-0.3, -0.25) is 9.89 Å². The third-order valence-corrected chi connectivity index (χ3v) is 4.20. The van der Waals surface area contributed by atoms with Crippen LogP contribution in [0.25, 0.3) is 0 Å². The molecule has 0 aliphatic carbocycles. The Labute approximate surface area is 173 Å². The molecule has 1 unspecified atom stereocenters. The second-order valence-corrected chi connectivity index (χ2v) is 6.16. The fourth-order valence-electron chi connectivity index (χ4n) is 2.51. The largest absolute Gasteiger partial charge is 0.497 e. The van der Waals surface area contributed by atoms with Crippen molar-refractivity contribution in [3.8, 4) is 5.75 Å². The van der Waals surface area contributed by atoms with Gasteiger partial charge in [-0.05, 0) is 38.1 Å². The molecule has 1 atom stereocenters. The Morgan fingerprint density at radius 1 is 1.19 bits per heavy atom. The third-order valence-electron chi connectivity index (χ3n) is 4.20. The number of methoxy groups -OCH3 is 1. The highest BCUT2D eigenvalue weighted by Crippen LogP contribution is 2.16. The summed E-state index contributed by atoms with van der Waals surface area (Å²) in [6.45, 7) is 3.83. The Bertz CT molecular complexity index is 679. The maximum Gasteiger partial charge on any atom is 0.193 e. The molecule has 0 fully saturated rings. The highest BCUT2D eigenvalue weighted by atomic mass is 127. The van der Waals surface area contributed by atoms with Gasteiger partial charge in [0.2, 0.25) is 0 Å². The Morgan fingerprint density at radius 2 is 1.92 bits per heavy atom. The van der Waals surface area contributed by atoms with Gasteiger partial charge in [-0.1, -0.05) is 36.4 Å². The van der Waals surface area contributed by atoms with Crippen LogP contribution in [0.2, 0.25) is 0 Å². The lowest BCUT2D eigenvalue weighted by molar-refractivity contribution is 0.240. The number of nitrogens with zero attached hydrogens (tertiary/aromatic N) is 2. The number of ether oxygens (including phenoxy) is 1. The minimum atomic E-state index is 0. The molecule has 0 aliphatic heterocycles. The van der Waals surface area contributed by atoms with Crippen LogP contribution >= 0.6 is 24.0 Å². The number of anilines is 1. The monoisotopic (exact) mass is 468 g/mol. The summed E-state index contributed by atoms with van der Waals surface area (Å²) in [5.74, 6) is 1.21. The zero-order chi connectivity index (χ0) is 18.1. The van der Waals surface area contributed by atoms with Crippen LogP contribution in [0.3, 0.4) is 0 Å². The van der Waals surface area contributed by atoms with Gasteiger partial charge in [-0.2, -0.15) is 0 Å². The summed E-state index contributed by atoms with van der Waals surface area (Å²) in [6.07, 6.45) is 0.948. The van der Waals surface area contributed by atoms with Crippen molar-refractivity contribution in [3.63, 3.8) is 0 Å². The van der Waals surface area contributed by atoms with Crippen LogP contribution in [0.5, 0.6) is 5.75 Å². The Hall–Kier alpha value is -1.80. The molecule has 5 nitrogen and oxygen atoms in total. The van der Waals surface area contributed by atoms with Gasteiger partial charge in [0.05, 0.1) is 7.11 Å². The first-order valence-corrected chi connectivity index (χ1v) is 8.53. The van der Waals surface area contributed by atoms with E-state index < -0.39 is 0 Å². The van der Waals surface area contributed by atoms with Crippen LogP contribution in [0, 0.1) is 0 Å². The van der Waals surface area contributed by atoms with Gasteiger partial charge >= 0.3 is 0 Å². The summed E-state index contributed by atoms with van der Waals surface area (Å²) in [5.41, 5.74) is 8.16. The van der Waals surface area contributed by atoms with Gasteiger partial charge < -0.3 is 15.8 Å². The molecule has 26 heavy (non-hydrogen) atoms. The average Bonchev–Trinajstić information content (AvgIpc) is 2.62. The molecule has 0 aromatic heterocycles. The van der Waals surface area contributed by atoms with Gasteiger partial charge in [-0.25, -0.2) is 0 Å². The topological polar surface area (TPSA) is 62.9 Å². The first-order valence-electron chi connectivity index (χ1n) is 8.53. The summed E-state index contributed by atoms with van der Waals surface area (Å²) in [6, 6.07) is 18.5. The van der Waals surface area contributed by atoms with E-state index in [9.17, 15) is 0 Å². The summed E-state index contributed by atoms with van der Waals surface area (Å²) < 4.78 is 5.20. The van der Waals surface area contributed by atoms with Crippen LogP contribution in [0.1, 0.15) is 18.9 Å². The van der Waals surface area contributed by atoms with Crippen LogP contribution in [-0.2, 0) is 6.54 Å². The molecule has 3 N–H and O–H groups in total. The minimum Gasteiger partial charge on any atom is -0.497 e. The summed E-state index contributed by atoms with van der Waals surface area (Å²) in [7, 11) is 3.78. The van der Waals surface area contributed by atoms with Gasteiger partial charge in [0, 0.05) is 30.9 Å². The smallest absolute Gasteiger partial charge is 0.193 e. The minimum absolute atomic E-state index is 0. The van der Waals surface area contributed by atoms with Gasteiger partial charge in [0.1, 0.15) is 5.75 Å². The van der Waals surface area contributed by atoms with E-state index >= 15 is 0 Å². The predicted molar refractivity (Wildman–Crippen MR) is 121 cm³/mol. The molecule has 2 aromatic rings. The van der Waals surface area contributed by atoms with Crippen molar-refractivity contribution in [3.05, 3.63) is 60.2 Å². The molecule has 0 heterocycles. The maximum absolute atomic E-state index is 5.97. The average molecular weight is 468 g/mol. The normalized spacial score (nSPS) is 12.4. The lowest BCUT2D eigenvalue weighted by Gasteiger charge is -2.24. The number of hydrogen-bond donors (Lipinski definition) is 2. The SMILES string of the molecule is COc1cccc(NC(N)=NCCC(C)N(C)Cc2ccccc2)c1.I. The van der Waals surface area contributed by atoms with Crippen LogP contribution in [-0.4, -0.2) is 37.6 Å². The first kappa shape index (κ1) is 22.2. The third kappa shape index (κ3) is 7.61. The number of rotatable bonds is 8. The quantitative estimate of drug-likeness (QED) is 0.350. The number of nitrogens with two attached hydrogens (primary N) is 1. The van der Waals surface area contributed by atoms with Crippen molar-refractivity contribution >= 4 is 35.6 Å². The second-order valence-electron chi connectivity index (χ2n) is 6.16. The summed E-state index contributed by atoms with van der Waals surface area (Å²) in [5, 5.41) is 3.09. The van der Waals surface area contributed by atoms with Crippen molar-refractivity contribution < 1.29 is 4.74 Å². The molecule has 0 saturated carbocycles. The molecule has 2 aromatic carbocycles. The van der Waals surface area contributed by atoms with E-state index in [1.807, 2.05) is 30.3 Å². The van der Waals surface area contributed by atoms with Gasteiger partial charge in [0.15, 0.2) is 5.96 Å². The second kappa shape index (κ2) is 11.7. The Balaban J connectivity index is 0.00000338. The van der Waals surface area contributed by atoms with E-state index in [2.05, 4.69) is 53.4 Å². The fraction of sp³-hybridized carbons (Fsp3) is 0.350. The molecule has 0 bridgehead atoms. The highest BCUT2D eigenvalue weighted by Gasteiger charge is 2.09. The van der Waals surface area contributed by atoms with E-state index in [0.717, 1.165) is 24.4 Å². The molecular weight excluding hydrogens is 439 g/mol. The summed E-state index contributed by atoms with van der Waals surface area (Å²) >= 11 is 0. The molecule has 0 aliphatic rings. The number of benzene rings is 2. The van der Waals surface area contributed by atoms with Crippen LogP contribution < -0.4 is 15.8 Å². The number of nitrogens with one attached hydrogen (secondary N) is 1. The predicted octanol–water partition coefficient (Wildman–Crippen LogP) is 3.95. The maximum atomic E-state index is 5.97. The van der Waals surface area contributed by atoms with E-state index in [1.165, 1.54) is 5.56 Å². The molecule has 0 amide bonds. The standard InChI is InChI=1S/C20H28N4O.HI/c1-16(24(2)15-17-8-5-4-6-9-17)12-13-22-20(21)23-18-10-7-11-19(14-18)25-3;/h4-11,14,16H,12-13,15H2,1-3H3,(H3,21,22,23);1H. The fourth-order valence-corrected chi connectivity index (χ4v) is 2.51. The van der Waals surface area contributed by atoms with E-state index in [1.54, 1.807) is 7.11 Å². The van der Waals surface area contributed by atoms with Gasteiger partial charge in [0.25, 0.3) is 0 Å². The zero-order valence-corrected chi connectivity index (χ0v) is 18.0. The van der Waals surface area contributed by atoms with E-state index in [4.69, 9.17) is 10.5 Å². The molecular formula is C20H29IN4O. The van der Waals surface area contributed by atoms with Crippen molar-refractivity contribution in [1.29, 1.82) is 0 Å². The lowest BCUT2D eigenvalue weighted by atomic mass is 10.1. The van der Waals surface area contributed by atoms with Crippen molar-refractivity contribution in [1.82, 2.24) is 4.90 Å². The van der Waals surface area contributed by atoms with Crippen LogP contribution in [0.4, 0.5) is 5.69 Å². The molecule has 0 spiro atoms. The number of guanidine groups is 1. The van der Waals surface area contributed by atoms with Crippen molar-refractivity contribution in [2.45, 2.75) is 25.9 Å². The van der Waals surface area contributed by atoms with Crippen molar-refractivity contribution in [2.75, 3.05) is 26.0 Å². The molecule has 6 heteroatoms. The molecule has 2 rings (SSSR count). The Morgan fingerprint density at radius 3 is 2.62 bits per heavy atom. The molecule has 0 radical (unpaired) electrons. The highest BCUT2D eigenvalue weighted by molar-refractivity contribution is 14.0. The first-order chi connectivity index (χ1) is 12.1.